The van der Waals surface area contributed by atoms with Crippen LogP contribution in [0.4, 0.5) is 0 Å². The van der Waals surface area contributed by atoms with E-state index in [0.717, 1.165) is 0 Å². The first-order chi connectivity index (χ1) is 5.00. The van der Waals surface area contributed by atoms with E-state index in [9.17, 15) is 0 Å². The number of nitrogens with zero attached hydrogens (tertiary/aromatic N) is 1. The van der Waals surface area contributed by atoms with Crippen molar-refractivity contribution in [3.8, 4) is 0 Å². The molecule has 0 radical (unpaired) electrons. The monoisotopic (exact) mass is 176 g/mol. The van der Waals surface area contributed by atoms with Crippen molar-refractivity contribution in [1.82, 2.24) is 4.90 Å². The first-order valence-corrected chi connectivity index (χ1v) is 4.03. The summed E-state index contributed by atoms with van der Waals surface area (Å²) >= 11 is 4.82. The molecule has 0 aromatic carbocycles. The van der Waals surface area contributed by atoms with Crippen LogP contribution in [0.3, 0.4) is 0 Å². The number of nitrogens with two attached hydrogens (primary N) is 1. The Balaban J connectivity index is 4.00. The lowest BCUT2D eigenvalue weighted by molar-refractivity contribution is 0.149. The van der Waals surface area contributed by atoms with Crippen molar-refractivity contribution in [1.29, 1.82) is 0 Å². The predicted molar refractivity (Wildman–Crippen MR) is 50.6 cm³/mol. The molecule has 0 aromatic rings. The smallest absolute Gasteiger partial charge is 0.0899 e. The molecule has 11 heavy (non-hydrogen) atoms. The van der Waals surface area contributed by atoms with E-state index < -0.39 is 0 Å². The van der Waals surface area contributed by atoms with Gasteiger partial charge in [0.2, 0.25) is 0 Å². The summed E-state index contributed by atoms with van der Waals surface area (Å²) < 4.78 is 0. The molecule has 3 N–H and O–H groups in total. The van der Waals surface area contributed by atoms with Gasteiger partial charge in [0.25, 0.3) is 0 Å². The fourth-order valence-electron chi connectivity index (χ4n) is 0.711. The molecule has 0 aliphatic rings. The summed E-state index contributed by atoms with van der Waals surface area (Å²) in [5, 5.41) is 8.81. The molecule has 0 spiro atoms. The Hall–Kier alpha value is -0.190. The zero-order valence-corrected chi connectivity index (χ0v) is 8.06. The molecule has 0 fully saturated rings. The highest BCUT2D eigenvalue weighted by Crippen LogP contribution is 2.01. The van der Waals surface area contributed by atoms with E-state index in [1.807, 2.05) is 25.8 Å². The number of aliphatic hydroxyl groups is 1. The standard InChI is InChI=1S/C7H16N2OS/c1-5(4-10)9(3)6(2)7(8)11/h5-6,10H,4H2,1-3H3,(H2,8,11). The zero-order chi connectivity index (χ0) is 9.02. The van der Waals surface area contributed by atoms with Gasteiger partial charge in [-0.15, -0.1) is 0 Å². The molecule has 4 heteroatoms. The Morgan fingerprint density at radius 1 is 1.64 bits per heavy atom. The Morgan fingerprint density at radius 2 is 2.09 bits per heavy atom. The van der Waals surface area contributed by atoms with Gasteiger partial charge in [0.1, 0.15) is 0 Å². The lowest BCUT2D eigenvalue weighted by atomic mass is 10.2. The van der Waals surface area contributed by atoms with Gasteiger partial charge >= 0.3 is 0 Å². The topological polar surface area (TPSA) is 49.5 Å². The summed E-state index contributed by atoms with van der Waals surface area (Å²) in [6.07, 6.45) is 0. The van der Waals surface area contributed by atoms with Crippen molar-refractivity contribution in [2.24, 2.45) is 5.73 Å². The molecule has 66 valence electrons. The van der Waals surface area contributed by atoms with E-state index in [0.29, 0.717) is 4.99 Å². The SMILES string of the molecule is CC(CO)N(C)C(C)C(N)=S. The van der Waals surface area contributed by atoms with Crippen molar-refractivity contribution in [3.05, 3.63) is 0 Å². The summed E-state index contributed by atoms with van der Waals surface area (Å²) in [4.78, 5) is 2.41. The van der Waals surface area contributed by atoms with Crippen LogP contribution in [-0.2, 0) is 0 Å². The highest BCUT2D eigenvalue weighted by Gasteiger charge is 2.16. The largest absolute Gasteiger partial charge is 0.395 e. The van der Waals surface area contributed by atoms with Gasteiger partial charge in [0, 0.05) is 6.04 Å². The van der Waals surface area contributed by atoms with E-state index in [1.165, 1.54) is 0 Å². The number of hydrogen-bond donors (Lipinski definition) is 2. The number of rotatable bonds is 4. The Bertz CT molecular complexity index is 140. The molecule has 0 saturated heterocycles. The van der Waals surface area contributed by atoms with Crippen LogP contribution < -0.4 is 5.73 Å². The van der Waals surface area contributed by atoms with E-state index >= 15 is 0 Å². The molecule has 0 bridgehead atoms. The van der Waals surface area contributed by atoms with E-state index in [4.69, 9.17) is 23.1 Å². The molecule has 0 heterocycles. The third kappa shape index (κ3) is 3.14. The van der Waals surface area contributed by atoms with Crippen molar-refractivity contribution in [2.45, 2.75) is 25.9 Å². The minimum Gasteiger partial charge on any atom is -0.395 e. The van der Waals surface area contributed by atoms with Gasteiger partial charge in [0.15, 0.2) is 0 Å². The van der Waals surface area contributed by atoms with E-state index in [-0.39, 0.29) is 18.7 Å². The summed E-state index contributed by atoms with van der Waals surface area (Å²) in [7, 11) is 1.89. The van der Waals surface area contributed by atoms with Crippen LogP contribution in [0.25, 0.3) is 0 Å². The van der Waals surface area contributed by atoms with Crippen LogP contribution in [0.1, 0.15) is 13.8 Å². The quantitative estimate of drug-likeness (QED) is 0.591. The second-order valence-electron chi connectivity index (χ2n) is 2.78. The lowest BCUT2D eigenvalue weighted by Gasteiger charge is -2.28. The molecule has 0 aromatic heterocycles. The second kappa shape index (κ2) is 4.64. The van der Waals surface area contributed by atoms with Crippen molar-refractivity contribution < 1.29 is 5.11 Å². The fourth-order valence-corrected chi connectivity index (χ4v) is 0.877. The van der Waals surface area contributed by atoms with Crippen molar-refractivity contribution in [3.63, 3.8) is 0 Å². The molecule has 0 aliphatic carbocycles. The van der Waals surface area contributed by atoms with Crippen molar-refractivity contribution in [2.75, 3.05) is 13.7 Å². The van der Waals surface area contributed by atoms with Gasteiger partial charge in [-0.1, -0.05) is 12.2 Å². The van der Waals surface area contributed by atoms with Crippen LogP contribution in [0.15, 0.2) is 0 Å². The number of aliphatic hydroxyl groups excluding tert-OH is 1. The lowest BCUT2D eigenvalue weighted by Crippen LogP contribution is -2.45. The zero-order valence-electron chi connectivity index (χ0n) is 7.24. The molecule has 0 rings (SSSR count). The summed E-state index contributed by atoms with van der Waals surface area (Å²) in [5.74, 6) is 0. The average Bonchev–Trinajstić information content (AvgIpc) is 2.00. The Labute approximate surface area is 73.2 Å². The van der Waals surface area contributed by atoms with Gasteiger partial charge in [-0.2, -0.15) is 0 Å². The average molecular weight is 176 g/mol. The summed E-state index contributed by atoms with van der Waals surface area (Å²) in [6.45, 7) is 3.98. The maximum absolute atomic E-state index is 8.81. The predicted octanol–water partition coefficient (Wildman–Crippen LogP) is -0.0264. The third-order valence-corrected chi connectivity index (χ3v) is 2.32. The van der Waals surface area contributed by atoms with Crippen LogP contribution in [0.2, 0.25) is 0 Å². The molecule has 0 aliphatic heterocycles. The number of likely N-dealkylation sites (N-methyl/N-ethyl adjacent to an activating group) is 1. The fraction of sp³-hybridized carbons (Fsp3) is 0.857. The molecular formula is C7H16N2OS. The Morgan fingerprint density at radius 3 is 2.36 bits per heavy atom. The second-order valence-corrected chi connectivity index (χ2v) is 3.25. The Kier molecular flexibility index (Phi) is 4.56. The van der Waals surface area contributed by atoms with E-state index in [1.54, 1.807) is 0 Å². The van der Waals surface area contributed by atoms with Gasteiger partial charge < -0.3 is 10.8 Å². The van der Waals surface area contributed by atoms with Gasteiger partial charge in [-0.3, -0.25) is 4.90 Å². The van der Waals surface area contributed by atoms with Crippen LogP contribution in [0.5, 0.6) is 0 Å². The minimum absolute atomic E-state index is 0.0483. The first-order valence-electron chi connectivity index (χ1n) is 3.62. The van der Waals surface area contributed by atoms with Crippen LogP contribution in [-0.4, -0.2) is 40.7 Å². The first kappa shape index (κ1) is 10.8. The van der Waals surface area contributed by atoms with Gasteiger partial charge in [0.05, 0.1) is 17.6 Å². The molecular weight excluding hydrogens is 160 g/mol. The summed E-state index contributed by atoms with van der Waals surface area (Å²) in [6, 6.07) is 0.152. The molecule has 2 atom stereocenters. The van der Waals surface area contributed by atoms with Gasteiger partial charge in [-0.05, 0) is 20.9 Å². The summed E-state index contributed by atoms with van der Waals surface area (Å²) in [5.41, 5.74) is 5.44. The normalized spacial score (nSPS) is 16.5. The molecule has 0 amide bonds. The van der Waals surface area contributed by atoms with Crippen LogP contribution in [0, 0.1) is 0 Å². The van der Waals surface area contributed by atoms with Crippen LogP contribution >= 0.6 is 12.2 Å². The maximum Gasteiger partial charge on any atom is 0.0899 e. The number of thiocarbonyl (C=S) groups is 1. The molecule has 0 saturated carbocycles. The molecule has 2 unspecified atom stereocenters. The van der Waals surface area contributed by atoms with E-state index in [2.05, 4.69) is 0 Å². The highest BCUT2D eigenvalue weighted by molar-refractivity contribution is 7.80. The minimum atomic E-state index is 0.0483. The number of hydrogen-bond acceptors (Lipinski definition) is 3. The molecule has 3 nitrogen and oxygen atoms in total. The highest BCUT2D eigenvalue weighted by atomic mass is 32.1. The maximum atomic E-state index is 8.81. The van der Waals surface area contributed by atoms with Gasteiger partial charge in [-0.25, -0.2) is 0 Å². The van der Waals surface area contributed by atoms with Crippen molar-refractivity contribution >= 4 is 17.2 Å². The third-order valence-electron chi connectivity index (χ3n) is 1.98.